The second-order valence-corrected chi connectivity index (χ2v) is 9.36. The minimum absolute atomic E-state index is 0.0247. The lowest BCUT2D eigenvalue weighted by Gasteiger charge is -2.63. The summed E-state index contributed by atoms with van der Waals surface area (Å²) in [6, 6.07) is 0. The van der Waals surface area contributed by atoms with Crippen molar-refractivity contribution in [2.75, 3.05) is 13.2 Å². The Morgan fingerprint density at radius 1 is 1.09 bits per heavy atom. The fraction of sp³-hybridized carbons (Fsp3) is 0.900. The summed E-state index contributed by atoms with van der Waals surface area (Å²) in [5.74, 6) is 0.960. The first-order valence-corrected chi connectivity index (χ1v) is 9.38. The molecule has 0 aromatic rings. The van der Waals surface area contributed by atoms with Crippen LogP contribution in [-0.4, -0.2) is 34.6 Å². The highest BCUT2D eigenvalue weighted by molar-refractivity contribution is 5.18. The van der Waals surface area contributed by atoms with Crippen LogP contribution in [0.1, 0.15) is 65.7 Å². The zero-order chi connectivity index (χ0) is 16.9. The third kappa shape index (κ3) is 2.51. The molecule has 0 bridgehead atoms. The van der Waals surface area contributed by atoms with Crippen LogP contribution in [0.5, 0.6) is 0 Å². The van der Waals surface area contributed by atoms with Gasteiger partial charge in [0.15, 0.2) is 0 Å². The molecule has 2 saturated carbocycles. The van der Waals surface area contributed by atoms with Crippen molar-refractivity contribution in [1.82, 2.24) is 0 Å². The van der Waals surface area contributed by atoms with Gasteiger partial charge in [0.1, 0.15) is 0 Å². The van der Waals surface area contributed by atoms with Crippen molar-refractivity contribution in [2.45, 2.75) is 71.8 Å². The molecule has 23 heavy (non-hydrogen) atoms. The van der Waals surface area contributed by atoms with Crippen LogP contribution < -0.4 is 0 Å². The van der Waals surface area contributed by atoms with Crippen LogP contribution in [0.3, 0.4) is 0 Å². The number of aliphatic hydroxyl groups excluding tert-OH is 3. The Labute approximate surface area is 140 Å². The normalized spacial score (nSPS) is 46.3. The SMILES string of the molecule is CC1(C)CCC[C@@]2(C)C1CC[C@@]1(CO)C(O)CC(CO)=CCC21. The minimum atomic E-state index is -0.541. The second-order valence-electron chi connectivity index (χ2n) is 9.36. The molecule has 3 aliphatic rings. The van der Waals surface area contributed by atoms with Crippen LogP contribution in [-0.2, 0) is 0 Å². The summed E-state index contributed by atoms with van der Waals surface area (Å²) in [7, 11) is 0. The smallest absolute Gasteiger partial charge is 0.0659 e. The van der Waals surface area contributed by atoms with E-state index in [9.17, 15) is 15.3 Å². The standard InChI is InChI=1S/C20H34O3/c1-18(2)8-4-9-19(3)15(18)7-10-20(13-22)16(19)6-5-14(12-21)11-17(20)23/h5,15-17,21-23H,4,6-13H2,1-3H3/t15?,16?,17?,19-,20-/m0/s1. The van der Waals surface area contributed by atoms with Crippen molar-refractivity contribution in [3.63, 3.8) is 0 Å². The van der Waals surface area contributed by atoms with Crippen LogP contribution in [0.4, 0.5) is 0 Å². The van der Waals surface area contributed by atoms with E-state index in [1.54, 1.807) is 0 Å². The molecule has 3 aliphatic carbocycles. The molecule has 5 atom stereocenters. The zero-order valence-corrected chi connectivity index (χ0v) is 15.0. The van der Waals surface area contributed by atoms with E-state index in [2.05, 4.69) is 26.8 Å². The monoisotopic (exact) mass is 322 g/mol. The van der Waals surface area contributed by atoms with Gasteiger partial charge < -0.3 is 15.3 Å². The first kappa shape index (κ1) is 17.4. The Hall–Kier alpha value is -0.380. The molecule has 0 aromatic heterocycles. The molecule has 0 aliphatic heterocycles. The van der Waals surface area contributed by atoms with Gasteiger partial charge in [-0.05, 0) is 66.8 Å². The summed E-state index contributed by atoms with van der Waals surface area (Å²) in [4.78, 5) is 0. The van der Waals surface area contributed by atoms with E-state index >= 15 is 0 Å². The quantitative estimate of drug-likeness (QED) is 0.684. The Morgan fingerprint density at radius 3 is 2.48 bits per heavy atom. The van der Waals surface area contributed by atoms with E-state index in [-0.39, 0.29) is 18.6 Å². The van der Waals surface area contributed by atoms with Crippen LogP contribution in [0.15, 0.2) is 11.6 Å². The summed E-state index contributed by atoms with van der Waals surface area (Å²) in [5, 5.41) is 30.8. The highest BCUT2D eigenvalue weighted by Gasteiger charge is 2.61. The van der Waals surface area contributed by atoms with Gasteiger partial charge in [-0.25, -0.2) is 0 Å². The molecule has 2 fully saturated rings. The first-order chi connectivity index (χ1) is 10.8. The molecule has 0 radical (unpaired) electrons. The van der Waals surface area contributed by atoms with Gasteiger partial charge in [0.2, 0.25) is 0 Å². The summed E-state index contributed by atoms with van der Waals surface area (Å²) in [5.41, 5.74) is 1.06. The third-order valence-corrected chi connectivity index (χ3v) is 7.92. The summed E-state index contributed by atoms with van der Waals surface area (Å²) in [6.45, 7) is 7.31. The van der Waals surface area contributed by atoms with E-state index in [4.69, 9.17) is 0 Å². The van der Waals surface area contributed by atoms with Crippen molar-refractivity contribution in [3.05, 3.63) is 11.6 Å². The lowest BCUT2D eigenvalue weighted by molar-refractivity contribution is -0.181. The molecule has 0 saturated heterocycles. The molecule has 0 amide bonds. The lowest BCUT2D eigenvalue weighted by Crippen LogP contribution is -2.59. The maximum atomic E-state index is 11.0. The number of hydrogen-bond donors (Lipinski definition) is 3. The largest absolute Gasteiger partial charge is 0.396 e. The minimum Gasteiger partial charge on any atom is -0.396 e. The Bertz CT molecular complexity index is 483. The zero-order valence-electron chi connectivity index (χ0n) is 15.0. The maximum Gasteiger partial charge on any atom is 0.0659 e. The lowest BCUT2D eigenvalue weighted by atomic mass is 9.42. The number of aliphatic hydroxyl groups is 3. The Morgan fingerprint density at radius 2 is 1.83 bits per heavy atom. The molecule has 3 rings (SSSR count). The molecule has 3 heteroatoms. The van der Waals surface area contributed by atoms with Crippen LogP contribution in [0, 0.1) is 28.1 Å². The summed E-state index contributed by atoms with van der Waals surface area (Å²) >= 11 is 0. The van der Waals surface area contributed by atoms with Crippen LogP contribution in [0.2, 0.25) is 0 Å². The van der Waals surface area contributed by atoms with Crippen molar-refractivity contribution < 1.29 is 15.3 Å². The topological polar surface area (TPSA) is 60.7 Å². The highest BCUT2D eigenvalue weighted by atomic mass is 16.3. The van der Waals surface area contributed by atoms with Gasteiger partial charge in [0.05, 0.1) is 19.3 Å². The Kier molecular flexibility index (Phi) is 4.44. The molecular formula is C20H34O3. The van der Waals surface area contributed by atoms with Crippen LogP contribution >= 0.6 is 0 Å². The van der Waals surface area contributed by atoms with Crippen LogP contribution in [0.25, 0.3) is 0 Å². The number of rotatable bonds is 2. The van der Waals surface area contributed by atoms with Gasteiger partial charge >= 0.3 is 0 Å². The number of fused-ring (bicyclic) bond motifs is 3. The van der Waals surface area contributed by atoms with Gasteiger partial charge in [0.25, 0.3) is 0 Å². The summed E-state index contributed by atoms with van der Waals surface area (Å²) < 4.78 is 0. The van der Waals surface area contributed by atoms with E-state index in [0.717, 1.165) is 24.8 Å². The predicted octanol–water partition coefficient (Wildman–Crippen LogP) is 3.28. The van der Waals surface area contributed by atoms with E-state index in [1.165, 1.54) is 19.3 Å². The van der Waals surface area contributed by atoms with Crippen molar-refractivity contribution >= 4 is 0 Å². The molecule has 132 valence electrons. The molecular weight excluding hydrogens is 288 g/mol. The van der Waals surface area contributed by atoms with E-state index in [0.29, 0.717) is 23.7 Å². The molecule has 3 nitrogen and oxygen atoms in total. The third-order valence-electron chi connectivity index (χ3n) is 7.92. The van der Waals surface area contributed by atoms with E-state index in [1.807, 2.05) is 0 Å². The highest BCUT2D eigenvalue weighted by Crippen LogP contribution is 2.66. The molecule has 0 aromatic carbocycles. The fourth-order valence-corrected chi connectivity index (χ4v) is 6.69. The number of allylic oxidation sites excluding steroid dienone is 1. The molecule has 3 N–H and O–H groups in total. The van der Waals surface area contributed by atoms with Gasteiger partial charge in [-0.2, -0.15) is 0 Å². The predicted molar refractivity (Wildman–Crippen MR) is 91.9 cm³/mol. The molecule has 0 spiro atoms. The first-order valence-electron chi connectivity index (χ1n) is 9.38. The summed E-state index contributed by atoms with van der Waals surface area (Å²) in [6.07, 6.45) is 8.74. The van der Waals surface area contributed by atoms with Gasteiger partial charge in [-0.1, -0.05) is 33.3 Å². The second kappa shape index (κ2) is 5.86. The maximum absolute atomic E-state index is 11.0. The average molecular weight is 322 g/mol. The molecule has 0 heterocycles. The average Bonchev–Trinajstić information content (AvgIpc) is 2.64. The number of hydrogen-bond acceptors (Lipinski definition) is 3. The van der Waals surface area contributed by atoms with Crippen molar-refractivity contribution in [1.29, 1.82) is 0 Å². The van der Waals surface area contributed by atoms with Gasteiger partial charge in [0, 0.05) is 5.41 Å². The van der Waals surface area contributed by atoms with Gasteiger partial charge in [-0.3, -0.25) is 0 Å². The van der Waals surface area contributed by atoms with Crippen molar-refractivity contribution in [3.8, 4) is 0 Å². The van der Waals surface area contributed by atoms with E-state index < -0.39 is 11.5 Å². The van der Waals surface area contributed by atoms with Gasteiger partial charge in [-0.15, -0.1) is 0 Å². The molecule has 3 unspecified atom stereocenters. The van der Waals surface area contributed by atoms with Crippen molar-refractivity contribution in [2.24, 2.45) is 28.1 Å². The fourth-order valence-electron chi connectivity index (χ4n) is 6.69. The Balaban J connectivity index is 2.04.